The molecule has 0 radical (unpaired) electrons. The summed E-state index contributed by atoms with van der Waals surface area (Å²) < 4.78 is 0. The minimum absolute atomic E-state index is 0.482. The van der Waals surface area contributed by atoms with Crippen molar-refractivity contribution in [2.75, 3.05) is 0 Å². The number of pyridine rings is 1. The van der Waals surface area contributed by atoms with Crippen LogP contribution < -0.4 is 5.32 Å². The SMILES string of the molecule is S=C(NC1CC=CC1)c1ccncc1. The van der Waals surface area contributed by atoms with Crippen molar-refractivity contribution in [3.8, 4) is 0 Å². The highest BCUT2D eigenvalue weighted by molar-refractivity contribution is 7.80. The zero-order chi connectivity index (χ0) is 9.80. The molecule has 1 heterocycles. The molecule has 0 aromatic carbocycles. The van der Waals surface area contributed by atoms with Crippen LogP contribution in [0.5, 0.6) is 0 Å². The number of thiocarbonyl (C=S) groups is 1. The van der Waals surface area contributed by atoms with Crippen LogP contribution >= 0.6 is 12.2 Å². The maximum absolute atomic E-state index is 5.29. The van der Waals surface area contributed by atoms with Crippen molar-refractivity contribution in [2.24, 2.45) is 0 Å². The van der Waals surface area contributed by atoms with Gasteiger partial charge in [-0.05, 0) is 25.0 Å². The summed E-state index contributed by atoms with van der Waals surface area (Å²) in [6, 6.07) is 4.34. The largest absolute Gasteiger partial charge is 0.372 e. The van der Waals surface area contributed by atoms with E-state index >= 15 is 0 Å². The van der Waals surface area contributed by atoms with Crippen LogP contribution in [0.25, 0.3) is 0 Å². The highest BCUT2D eigenvalue weighted by Crippen LogP contribution is 2.10. The Morgan fingerprint density at radius 1 is 1.29 bits per heavy atom. The molecule has 14 heavy (non-hydrogen) atoms. The van der Waals surface area contributed by atoms with E-state index in [2.05, 4.69) is 22.5 Å². The highest BCUT2D eigenvalue weighted by Gasteiger charge is 2.11. The Hall–Kier alpha value is -1.22. The number of rotatable bonds is 2. The van der Waals surface area contributed by atoms with Crippen LogP contribution in [0.1, 0.15) is 18.4 Å². The van der Waals surface area contributed by atoms with Gasteiger partial charge in [0, 0.05) is 24.0 Å². The van der Waals surface area contributed by atoms with Crippen molar-refractivity contribution in [2.45, 2.75) is 18.9 Å². The van der Waals surface area contributed by atoms with Crippen LogP contribution in [0.4, 0.5) is 0 Å². The fourth-order valence-corrected chi connectivity index (χ4v) is 1.81. The number of nitrogens with zero attached hydrogens (tertiary/aromatic N) is 1. The van der Waals surface area contributed by atoms with Gasteiger partial charge in [0.25, 0.3) is 0 Å². The molecule has 0 amide bonds. The van der Waals surface area contributed by atoms with Gasteiger partial charge in [0.2, 0.25) is 0 Å². The first-order chi connectivity index (χ1) is 6.86. The van der Waals surface area contributed by atoms with Gasteiger partial charge >= 0.3 is 0 Å². The maximum Gasteiger partial charge on any atom is 0.106 e. The molecule has 0 saturated carbocycles. The van der Waals surface area contributed by atoms with Crippen molar-refractivity contribution in [1.82, 2.24) is 10.3 Å². The monoisotopic (exact) mass is 204 g/mol. The summed E-state index contributed by atoms with van der Waals surface area (Å²) in [5.74, 6) is 0. The lowest BCUT2D eigenvalue weighted by atomic mass is 10.2. The van der Waals surface area contributed by atoms with Gasteiger partial charge in [-0.2, -0.15) is 0 Å². The zero-order valence-electron chi connectivity index (χ0n) is 7.81. The summed E-state index contributed by atoms with van der Waals surface area (Å²) in [6.07, 6.45) is 10.0. The molecule has 0 unspecified atom stereocenters. The maximum atomic E-state index is 5.29. The molecule has 0 aliphatic heterocycles. The quantitative estimate of drug-likeness (QED) is 0.589. The fourth-order valence-electron chi connectivity index (χ4n) is 1.51. The minimum atomic E-state index is 0.482. The molecule has 1 aliphatic rings. The Kier molecular flexibility index (Phi) is 2.89. The summed E-state index contributed by atoms with van der Waals surface area (Å²) in [7, 11) is 0. The van der Waals surface area contributed by atoms with E-state index in [1.807, 2.05) is 12.1 Å². The Morgan fingerprint density at radius 3 is 2.57 bits per heavy atom. The zero-order valence-corrected chi connectivity index (χ0v) is 8.63. The Balaban J connectivity index is 1.96. The van der Waals surface area contributed by atoms with E-state index in [1.54, 1.807) is 12.4 Å². The molecule has 0 bridgehead atoms. The van der Waals surface area contributed by atoms with Crippen LogP contribution in [-0.4, -0.2) is 16.0 Å². The van der Waals surface area contributed by atoms with Gasteiger partial charge in [0.15, 0.2) is 0 Å². The van der Waals surface area contributed by atoms with Crippen LogP contribution in [0.2, 0.25) is 0 Å². The molecule has 0 fully saturated rings. The lowest BCUT2D eigenvalue weighted by molar-refractivity contribution is 0.658. The van der Waals surface area contributed by atoms with E-state index < -0.39 is 0 Å². The summed E-state index contributed by atoms with van der Waals surface area (Å²) >= 11 is 5.29. The van der Waals surface area contributed by atoms with Crippen LogP contribution in [0.3, 0.4) is 0 Å². The summed E-state index contributed by atoms with van der Waals surface area (Å²) in [5.41, 5.74) is 1.04. The van der Waals surface area contributed by atoms with E-state index in [9.17, 15) is 0 Å². The van der Waals surface area contributed by atoms with Gasteiger partial charge < -0.3 is 5.32 Å². The number of nitrogens with one attached hydrogen (secondary N) is 1. The number of hydrogen-bond donors (Lipinski definition) is 1. The molecule has 3 heteroatoms. The number of hydrogen-bond acceptors (Lipinski definition) is 2. The van der Waals surface area contributed by atoms with Crippen LogP contribution in [-0.2, 0) is 0 Å². The van der Waals surface area contributed by atoms with E-state index in [4.69, 9.17) is 12.2 Å². The second kappa shape index (κ2) is 4.33. The van der Waals surface area contributed by atoms with E-state index in [1.165, 1.54) is 0 Å². The first-order valence-electron chi connectivity index (χ1n) is 4.72. The van der Waals surface area contributed by atoms with Gasteiger partial charge in [-0.15, -0.1) is 0 Å². The Bertz CT molecular complexity index is 338. The predicted molar refractivity (Wildman–Crippen MR) is 61.2 cm³/mol. The van der Waals surface area contributed by atoms with Crippen LogP contribution in [0, 0.1) is 0 Å². The molecule has 0 spiro atoms. The Labute approximate surface area is 89.1 Å². The van der Waals surface area contributed by atoms with Gasteiger partial charge in [0.1, 0.15) is 4.99 Å². The molecule has 0 saturated heterocycles. The minimum Gasteiger partial charge on any atom is -0.372 e. The van der Waals surface area contributed by atoms with Crippen molar-refractivity contribution in [1.29, 1.82) is 0 Å². The van der Waals surface area contributed by atoms with Crippen LogP contribution in [0.15, 0.2) is 36.7 Å². The average molecular weight is 204 g/mol. The molecule has 2 nitrogen and oxygen atoms in total. The number of aromatic nitrogens is 1. The first-order valence-corrected chi connectivity index (χ1v) is 5.13. The first kappa shape index (κ1) is 9.34. The van der Waals surface area contributed by atoms with E-state index in [0.717, 1.165) is 23.4 Å². The molecular weight excluding hydrogens is 192 g/mol. The normalized spacial score (nSPS) is 15.7. The molecule has 2 rings (SSSR count). The Morgan fingerprint density at radius 2 is 1.93 bits per heavy atom. The molecule has 1 aliphatic carbocycles. The van der Waals surface area contributed by atoms with E-state index in [0.29, 0.717) is 6.04 Å². The lowest BCUT2D eigenvalue weighted by Gasteiger charge is -2.14. The average Bonchev–Trinajstić information content (AvgIpc) is 2.72. The van der Waals surface area contributed by atoms with Gasteiger partial charge in [0.05, 0.1) is 0 Å². The van der Waals surface area contributed by atoms with Gasteiger partial charge in [-0.1, -0.05) is 24.4 Å². The summed E-state index contributed by atoms with van der Waals surface area (Å²) in [6.45, 7) is 0. The molecular formula is C11H12N2S. The standard InChI is InChI=1S/C11H12N2S/c14-11(9-5-7-12-8-6-9)13-10-3-1-2-4-10/h1-2,5-8,10H,3-4H2,(H,13,14). The summed E-state index contributed by atoms with van der Waals surface area (Å²) in [4.78, 5) is 4.78. The van der Waals surface area contributed by atoms with E-state index in [-0.39, 0.29) is 0 Å². The van der Waals surface area contributed by atoms with Crippen molar-refractivity contribution in [3.05, 3.63) is 42.2 Å². The highest BCUT2D eigenvalue weighted by atomic mass is 32.1. The lowest BCUT2D eigenvalue weighted by Crippen LogP contribution is -2.31. The second-order valence-corrected chi connectivity index (χ2v) is 3.76. The molecule has 1 aromatic rings. The topological polar surface area (TPSA) is 24.9 Å². The third kappa shape index (κ3) is 2.17. The molecule has 1 aromatic heterocycles. The van der Waals surface area contributed by atoms with Gasteiger partial charge in [-0.25, -0.2) is 0 Å². The van der Waals surface area contributed by atoms with Crippen molar-refractivity contribution < 1.29 is 0 Å². The third-order valence-electron chi connectivity index (χ3n) is 2.29. The fraction of sp³-hybridized carbons (Fsp3) is 0.273. The molecule has 72 valence electrons. The summed E-state index contributed by atoms with van der Waals surface area (Å²) in [5, 5.41) is 3.34. The van der Waals surface area contributed by atoms with Crippen molar-refractivity contribution >= 4 is 17.2 Å². The second-order valence-electron chi connectivity index (χ2n) is 3.35. The molecule has 0 atom stereocenters. The van der Waals surface area contributed by atoms with Crippen molar-refractivity contribution in [3.63, 3.8) is 0 Å². The van der Waals surface area contributed by atoms with Gasteiger partial charge in [-0.3, -0.25) is 4.98 Å². The smallest absolute Gasteiger partial charge is 0.106 e. The molecule has 1 N–H and O–H groups in total. The predicted octanol–water partition coefficient (Wildman–Crippen LogP) is 2.07. The third-order valence-corrected chi connectivity index (χ3v) is 2.64.